The van der Waals surface area contributed by atoms with E-state index in [-0.39, 0.29) is 17.0 Å². The molecule has 0 saturated carbocycles. The zero-order valence-electron chi connectivity index (χ0n) is 14.5. The minimum absolute atomic E-state index is 0. The van der Waals surface area contributed by atoms with E-state index in [1.54, 1.807) is 16.5 Å². The second-order valence-corrected chi connectivity index (χ2v) is 7.36. The first-order valence-electron chi connectivity index (χ1n) is 8.40. The maximum Gasteiger partial charge on any atom is 0.228 e. The topological polar surface area (TPSA) is 43.8 Å². The third-order valence-electron chi connectivity index (χ3n) is 4.18. The first kappa shape index (κ1) is 18.7. The van der Waals surface area contributed by atoms with Gasteiger partial charge in [0.05, 0.1) is 20.9 Å². The van der Waals surface area contributed by atoms with E-state index in [0.29, 0.717) is 10.9 Å². The summed E-state index contributed by atoms with van der Waals surface area (Å²) in [4.78, 5) is 4.75. The van der Waals surface area contributed by atoms with Crippen LogP contribution in [0.15, 0.2) is 84.0 Å². The Balaban J connectivity index is 0.00000192. The number of aromatic nitrogens is 1. The molecule has 0 bridgehead atoms. The van der Waals surface area contributed by atoms with Crippen molar-refractivity contribution in [3.05, 3.63) is 89.4 Å². The summed E-state index contributed by atoms with van der Waals surface area (Å²) in [6.07, 6.45) is 0. The van der Waals surface area contributed by atoms with Gasteiger partial charge >= 0.3 is 0 Å². The third-order valence-corrected chi connectivity index (χ3v) is 5.52. The number of para-hydroxylation sites is 2. The number of rotatable bonds is 3. The molecule has 1 aliphatic heterocycles. The fraction of sp³-hybridized carbons (Fsp3) is 0. The SMILES string of the molecule is Br.Clc1ccccc1C1=NN(c2ccccc2)N(c2nc3ccccc3s2)N1. The summed E-state index contributed by atoms with van der Waals surface area (Å²) >= 11 is 7.98. The van der Waals surface area contributed by atoms with Crippen LogP contribution in [0.4, 0.5) is 10.8 Å². The van der Waals surface area contributed by atoms with Crippen LogP contribution in [-0.2, 0) is 0 Å². The van der Waals surface area contributed by atoms with Gasteiger partial charge < -0.3 is 0 Å². The van der Waals surface area contributed by atoms with Crippen LogP contribution >= 0.6 is 39.9 Å². The third kappa shape index (κ3) is 3.32. The summed E-state index contributed by atoms with van der Waals surface area (Å²) in [5, 5.41) is 9.85. The first-order chi connectivity index (χ1) is 13.3. The Morgan fingerprint density at radius 1 is 0.857 bits per heavy atom. The van der Waals surface area contributed by atoms with E-state index in [1.807, 2.05) is 77.9 Å². The number of amidine groups is 1. The predicted molar refractivity (Wildman–Crippen MR) is 122 cm³/mol. The number of thiazole rings is 1. The molecule has 1 aliphatic rings. The minimum atomic E-state index is 0. The maximum absolute atomic E-state index is 6.39. The van der Waals surface area contributed by atoms with E-state index in [0.717, 1.165) is 26.6 Å². The van der Waals surface area contributed by atoms with Gasteiger partial charge in [0, 0.05) is 5.56 Å². The Hall–Kier alpha value is -2.61. The molecule has 1 aromatic heterocycles. The Morgan fingerprint density at radius 3 is 2.36 bits per heavy atom. The van der Waals surface area contributed by atoms with Crippen LogP contribution in [-0.4, -0.2) is 10.8 Å². The van der Waals surface area contributed by atoms with E-state index in [4.69, 9.17) is 21.7 Å². The summed E-state index contributed by atoms with van der Waals surface area (Å²) in [6.45, 7) is 0. The van der Waals surface area contributed by atoms with Crippen molar-refractivity contribution in [2.24, 2.45) is 5.10 Å². The number of hydrazone groups is 1. The van der Waals surface area contributed by atoms with Crippen LogP contribution in [0.1, 0.15) is 5.56 Å². The summed E-state index contributed by atoms with van der Waals surface area (Å²) in [7, 11) is 0. The molecular weight excluding hydrogens is 458 g/mol. The molecule has 8 heteroatoms. The van der Waals surface area contributed by atoms with E-state index < -0.39 is 0 Å². The van der Waals surface area contributed by atoms with Crippen molar-refractivity contribution in [2.45, 2.75) is 0 Å². The van der Waals surface area contributed by atoms with Crippen molar-refractivity contribution in [2.75, 3.05) is 10.2 Å². The molecule has 2 heterocycles. The average Bonchev–Trinajstić information content (AvgIpc) is 3.33. The van der Waals surface area contributed by atoms with Crippen LogP contribution in [0.5, 0.6) is 0 Å². The molecule has 5 rings (SSSR count). The zero-order chi connectivity index (χ0) is 18.2. The molecule has 0 unspecified atom stereocenters. The number of fused-ring (bicyclic) bond motifs is 1. The van der Waals surface area contributed by atoms with Gasteiger partial charge in [-0.05, 0) is 36.4 Å². The highest BCUT2D eigenvalue weighted by Gasteiger charge is 2.29. The molecule has 0 fully saturated rings. The van der Waals surface area contributed by atoms with Gasteiger partial charge in [0.2, 0.25) is 5.13 Å². The molecule has 5 nitrogen and oxygen atoms in total. The van der Waals surface area contributed by atoms with Gasteiger partial charge in [0.25, 0.3) is 0 Å². The van der Waals surface area contributed by atoms with Crippen molar-refractivity contribution in [3.8, 4) is 0 Å². The van der Waals surface area contributed by atoms with E-state index in [9.17, 15) is 0 Å². The fourth-order valence-electron chi connectivity index (χ4n) is 2.89. The predicted octanol–water partition coefficient (Wildman–Crippen LogP) is 5.64. The highest BCUT2D eigenvalue weighted by molar-refractivity contribution is 8.93. The highest BCUT2D eigenvalue weighted by Crippen LogP contribution is 2.32. The standard InChI is InChI=1S/C20H14ClN5S.BrH/c21-16-11-5-4-10-15(16)19-23-25(14-8-2-1-3-9-14)26(24-19)20-22-17-12-6-7-13-18(17)27-20;/h1-13H,(H,23,24);1H. The molecule has 0 atom stereocenters. The van der Waals surface area contributed by atoms with Crippen LogP contribution in [0.3, 0.4) is 0 Å². The quantitative estimate of drug-likeness (QED) is 0.419. The first-order valence-corrected chi connectivity index (χ1v) is 9.60. The van der Waals surface area contributed by atoms with Gasteiger partial charge in [-0.2, -0.15) is 0 Å². The molecule has 0 saturated heterocycles. The normalized spacial score (nSPS) is 13.2. The summed E-state index contributed by atoms with van der Waals surface area (Å²) < 4.78 is 1.12. The lowest BCUT2D eigenvalue weighted by molar-refractivity contribution is 0.768. The molecule has 0 amide bonds. The second kappa shape index (κ2) is 7.79. The lowest BCUT2D eigenvalue weighted by Crippen LogP contribution is -2.44. The molecule has 3 aromatic carbocycles. The Labute approximate surface area is 181 Å². The van der Waals surface area contributed by atoms with Crippen LogP contribution in [0, 0.1) is 0 Å². The van der Waals surface area contributed by atoms with Gasteiger partial charge in [-0.1, -0.05) is 65.4 Å². The number of anilines is 2. The molecule has 140 valence electrons. The van der Waals surface area contributed by atoms with Crippen molar-refractivity contribution in [1.82, 2.24) is 10.4 Å². The summed E-state index contributed by atoms with van der Waals surface area (Å²) in [5.41, 5.74) is 6.06. The fourth-order valence-corrected chi connectivity index (χ4v) is 4.03. The minimum Gasteiger partial charge on any atom is -0.256 e. The van der Waals surface area contributed by atoms with Crippen molar-refractivity contribution in [1.29, 1.82) is 0 Å². The van der Waals surface area contributed by atoms with Crippen LogP contribution in [0.25, 0.3) is 10.2 Å². The van der Waals surface area contributed by atoms with Gasteiger partial charge in [-0.15, -0.1) is 32.3 Å². The number of halogens is 2. The van der Waals surface area contributed by atoms with E-state index >= 15 is 0 Å². The van der Waals surface area contributed by atoms with Crippen molar-refractivity contribution in [3.63, 3.8) is 0 Å². The molecule has 0 aliphatic carbocycles. The van der Waals surface area contributed by atoms with Gasteiger partial charge in [0.15, 0.2) is 5.84 Å². The Bertz CT molecular complexity index is 1110. The Kier molecular flexibility index (Phi) is 5.21. The number of benzene rings is 3. The molecule has 0 spiro atoms. The number of nitrogens with zero attached hydrogens (tertiary/aromatic N) is 4. The lowest BCUT2D eigenvalue weighted by Gasteiger charge is -2.25. The van der Waals surface area contributed by atoms with Gasteiger partial charge in [-0.3, -0.25) is 5.43 Å². The molecule has 4 aromatic rings. The molecule has 28 heavy (non-hydrogen) atoms. The highest BCUT2D eigenvalue weighted by atomic mass is 79.9. The van der Waals surface area contributed by atoms with E-state index in [1.165, 1.54) is 0 Å². The number of hydrogen-bond donors (Lipinski definition) is 1. The lowest BCUT2D eigenvalue weighted by atomic mass is 10.2. The molecule has 0 radical (unpaired) electrons. The summed E-state index contributed by atoms with van der Waals surface area (Å²) in [6, 6.07) is 25.7. The number of nitrogens with one attached hydrogen (secondary N) is 1. The monoisotopic (exact) mass is 471 g/mol. The summed E-state index contributed by atoms with van der Waals surface area (Å²) in [5.74, 6) is 0.670. The second-order valence-electron chi connectivity index (χ2n) is 5.94. The van der Waals surface area contributed by atoms with Gasteiger partial charge in [0.1, 0.15) is 0 Å². The molecular formula is C20H15BrClN5S. The van der Waals surface area contributed by atoms with Crippen LogP contribution in [0.2, 0.25) is 5.02 Å². The molecule has 1 N–H and O–H groups in total. The van der Waals surface area contributed by atoms with Crippen LogP contribution < -0.4 is 15.7 Å². The number of hydrogen-bond acceptors (Lipinski definition) is 6. The largest absolute Gasteiger partial charge is 0.256 e. The van der Waals surface area contributed by atoms with Crippen molar-refractivity contribution < 1.29 is 0 Å². The zero-order valence-corrected chi connectivity index (χ0v) is 17.8. The van der Waals surface area contributed by atoms with Gasteiger partial charge in [-0.25, -0.2) is 4.98 Å². The smallest absolute Gasteiger partial charge is 0.228 e. The van der Waals surface area contributed by atoms with Crippen molar-refractivity contribution >= 4 is 66.8 Å². The van der Waals surface area contributed by atoms with E-state index in [2.05, 4.69) is 11.5 Å². The maximum atomic E-state index is 6.39. The average molecular weight is 473 g/mol. The Morgan fingerprint density at radius 2 is 1.57 bits per heavy atom. The number of hydrazine groups is 2.